The third kappa shape index (κ3) is 2.22. The van der Waals surface area contributed by atoms with Crippen LogP contribution in [-0.4, -0.2) is 36.9 Å². The molecule has 1 rings (SSSR count). The van der Waals surface area contributed by atoms with E-state index in [4.69, 9.17) is 0 Å². The molecule has 4 heteroatoms. The Balaban J connectivity index is 2.45. The second kappa shape index (κ2) is 4.09. The zero-order chi connectivity index (χ0) is 8.97. The predicted molar refractivity (Wildman–Crippen MR) is 44.9 cm³/mol. The molecule has 68 valence electrons. The number of hydrogen-bond donors (Lipinski definition) is 1. The van der Waals surface area contributed by atoms with Gasteiger partial charge in [-0.15, -0.1) is 0 Å². The van der Waals surface area contributed by atoms with Crippen molar-refractivity contribution in [3.05, 3.63) is 0 Å². The highest BCUT2D eigenvalue weighted by atomic mass is 16.2. The van der Waals surface area contributed by atoms with E-state index in [0.717, 1.165) is 6.42 Å². The summed E-state index contributed by atoms with van der Waals surface area (Å²) in [5.74, 6) is 0.265. The Morgan fingerprint density at radius 3 is 2.83 bits per heavy atom. The zero-order valence-corrected chi connectivity index (χ0v) is 7.30. The lowest BCUT2D eigenvalue weighted by Crippen LogP contribution is -2.38. The lowest BCUT2D eigenvalue weighted by Gasteiger charge is -2.18. The first kappa shape index (κ1) is 9.03. The average molecular weight is 170 g/mol. The Hall–Kier alpha value is -1.06. The SMILES string of the molecule is CNC(=O)N1CCCC(=O)CC1. The summed E-state index contributed by atoms with van der Waals surface area (Å²) in [6, 6.07) is -0.0790. The number of nitrogens with one attached hydrogen (secondary N) is 1. The van der Waals surface area contributed by atoms with Crippen molar-refractivity contribution < 1.29 is 9.59 Å². The Kier molecular flexibility index (Phi) is 3.08. The van der Waals surface area contributed by atoms with Crippen molar-refractivity contribution in [2.24, 2.45) is 0 Å². The second-order valence-electron chi connectivity index (χ2n) is 2.93. The molecule has 0 atom stereocenters. The van der Waals surface area contributed by atoms with Gasteiger partial charge in [0, 0.05) is 33.0 Å². The van der Waals surface area contributed by atoms with E-state index in [1.165, 1.54) is 0 Å². The van der Waals surface area contributed by atoms with Crippen LogP contribution in [0.4, 0.5) is 4.79 Å². The minimum absolute atomic E-state index is 0.0790. The van der Waals surface area contributed by atoms with Gasteiger partial charge < -0.3 is 10.2 Å². The first-order chi connectivity index (χ1) is 5.74. The van der Waals surface area contributed by atoms with Crippen LogP contribution in [0.25, 0.3) is 0 Å². The molecule has 0 aliphatic carbocycles. The van der Waals surface area contributed by atoms with Crippen LogP contribution in [0.5, 0.6) is 0 Å². The summed E-state index contributed by atoms with van der Waals surface area (Å²) in [6.07, 6.45) is 1.92. The van der Waals surface area contributed by atoms with E-state index in [9.17, 15) is 9.59 Å². The van der Waals surface area contributed by atoms with Crippen molar-refractivity contribution >= 4 is 11.8 Å². The van der Waals surface area contributed by atoms with Crippen molar-refractivity contribution in [3.8, 4) is 0 Å². The summed E-state index contributed by atoms with van der Waals surface area (Å²) < 4.78 is 0. The maximum Gasteiger partial charge on any atom is 0.317 e. The molecule has 4 nitrogen and oxygen atoms in total. The summed E-state index contributed by atoms with van der Waals surface area (Å²) in [5.41, 5.74) is 0. The van der Waals surface area contributed by atoms with Crippen molar-refractivity contribution in [1.29, 1.82) is 0 Å². The van der Waals surface area contributed by atoms with Gasteiger partial charge in [-0.25, -0.2) is 4.79 Å². The van der Waals surface area contributed by atoms with E-state index in [-0.39, 0.29) is 11.8 Å². The number of likely N-dealkylation sites (tertiary alicyclic amines) is 1. The quantitative estimate of drug-likeness (QED) is 0.571. The molecule has 1 N–H and O–H groups in total. The number of nitrogens with zero attached hydrogens (tertiary/aromatic N) is 1. The smallest absolute Gasteiger partial charge is 0.317 e. The van der Waals surface area contributed by atoms with Crippen LogP contribution in [0.1, 0.15) is 19.3 Å². The Morgan fingerprint density at radius 1 is 1.42 bits per heavy atom. The highest BCUT2D eigenvalue weighted by Crippen LogP contribution is 2.06. The normalized spacial score (nSPS) is 18.8. The number of ketones is 1. The van der Waals surface area contributed by atoms with Crippen LogP contribution >= 0.6 is 0 Å². The molecule has 1 heterocycles. The van der Waals surface area contributed by atoms with Gasteiger partial charge in [-0.1, -0.05) is 0 Å². The highest BCUT2D eigenvalue weighted by molar-refractivity contribution is 5.80. The van der Waals surface area contributed by atoms with E-state index >= 15 is 0 Å². The van der Waals surface area contributed by atoms with Crippen molar-refractivity contribution in [1.82, 2.24) is 10.2 Å². The number of Topliss-reactive ketones (excluding diaryl/α,β-unsaturated/α-hetero) is 1. The maximum atomic E-state index is 11.1. The standard InChI is InChI=1S/C8H14N2O2/c1-9-8(12)10-5-2-3-7(11)4-6-10/h2-6H2,1H3,(H,9,12). The molecular weight excluding hydrogens is 156 g/mol. The fourth-order valence-corrected chi connectivity index (χ4v) is 1.32. The maximum absolute atomic E-state index is 11.1. The molecule has 2 amide bonds. The fourth-order valence-electron chi connectivity index (χ4n) is 1.32. The van der Waals surface area contributed by atoms with E-state index in [2.05, 4.69) is 5.32 Å². The van der Waals surface area contributed by atoms with Gasteiger partial charge in [0.05, 0.1) is 0 Å². The summed E-state index contributed by atoms with van der Waals surface area (Å²) in [4.78, 5) is 23.8. The number of carbonyl (C=O) groups is 2. The molecule has 0 saturated carbocycles. The van der Waals surface area contributed by atoms with Crippen molar-refractivity contribution in [2.75, 3.05) is 20.1 Å². The third-order valence-electron chi connectivity index (χ3n) is 2.05. The molecule has 0 aromatic rings. The van der Waals surface area contributed by atoms with E-state index in [1.807, 2.05) is 0 Å². The summed E-state index contributed by atoms with van der Waals surface area (Å²) >= 11 is 0. The van der Waals surface area contributed by atoms with Gasteiger partial charge in [-0.05, 0) is 6.42 Å². The molecule has 1 aliphatic heterocycles. The minimum atomic E-state index is -0.0790. The van der Waals surface area contributed by atoms with Gasteiger partial charge >= 0.3 is 6.03 Å². The van der Waals surface area contributed by atoms with Gasteiger partial charge in [0.2, 0.25) is 0 Å². The van der Waals surface area contributed by atoms with Crippen molar-refractivity contribution in [2.45, 2.75) is 19.3 Å². The molecule has 1 aliphatic rings. The second-order valence-corrected chi connectivity index (χ2v) is 2.93. The number of urea groups is 1. The van der Waals surface area contributed by atoms with Crippen LogP contribution in [0, 0.1) is 0 Å². The average Bonchev–Trinajstić information content (AvgIpc) is 2.29. The van der Waals surface area contributed by atoms with Crippen LogP contribution in [-0.2, 0) is 4.79 Å². The topological polar surface area (TPSA) is 49.4 Å². The Morgan fingerprint density at radius 2 is 2.17 bits per heavy atom. The number of rotatable bonds is 0. The lowest BCUT2D eigenvalue weighted by molar-refractivity contribution is -0.118. The lowest BCUT2D eigenvalue weighted by atomic mass is 10.2. The van der Waals surface area contributed by atoms with E-state index in [0.29, 0.717) is 25.9 Å². The van der Waals surface area contributed by atoms with E-state index < -0.39 is 0 Å². The number of carbonyl (C=O) groups excluding carboxylic acids is 2. The molecule has 1 fully saturated rings. The molecule has 0 aromatic heterocycles. The van der Waals surface area contributed by atoms with Crippen LogP contribution in [0.3, 0.4) is 0 Å². The van der Waals surface area contributed by atoms with Crippen LogP contribution < -0.4 is 5.32 Å². The Labute approximate surface area is 71.9 Å². The zero-order valence-electron chi connectivity index (χ0n) is 7.30. The van der Waals surface area contributed by atoms with Crippen LogP contribution in [0.15, 0.2) is 0 Å². The Bertz CT molecular complexity index is 191. The van der Waals surface area contributed by atoms with Crippen molar-refractivity contribution in [3.63, 3.8) is 0 Å². The number of amides is 2. The highest BCUT2D eigenvalue weighted by Gasteiger charge is 2.16. The van der Waals surface area contributed by atoms with Gasteiger partial charge in [-0.2, -0.15) is 0 Å². The minimum Gasteiger partial charge on any atom is -0.341 e. The summed E-state index contributed by atoms with van der Waals surface area (Å²) in [5, 5.41) is 2.55. The van der Waals surface area contributed by atoms with Gasteiger partial charge in [0.15, 0.2) is 0 Å². The molecule has 1 saturated heterocycles. The van der Waals surface area contributed by atoms with Crippen LogP contribution in [0.2, 0.25) is 0 Å². The van der Waals surface area contributed by atoms with Gasteiger partial charge in [-0.3, -0.25) is 4.79 Å². The van der Waals surface area contributed by atoms with E-state index in [1.54, 1.807) is 11.9 Å². The molecule has 12 heavy (non-hydrogen) atoms. The molecule has 0 radical (unpaired) electrons. The summed E-state index contributed by atoms with van der Waals surface area (Å²) in [7, 11) is 1.61. The molecular formula is C8H14N2O2. The first-order valence-electron chi connectivity index (χ1n) is 4.22. The fraction of sp³-hybridized carbons (Fsp3) is 0.750. The molecule has 0 bridgehead atoms. The largest absolute Gasteiger partial charge is 0.341 e. The molecule has 0 unspecified atom stereocenters. The first-order valence-corrected chi connectivity index (χ1v) is 4.22. The number of hydrogen-bond acceptors (Lipinski definition) is 2. The third-order valence-corrected chi connectivity index (χ3v) is 2.05. The van der Waals surface area contributed by atoms with Gasteiger partial charge in [0.1, 0.15) is 5.78 Å². The molecule has 0 aromatic carbocycles. The summed E-state index contributed by atoms with van der Waals surface area (Å²) in [6.45, 7) is 1.27. The van der Waals surface area contributed by atoms with Gasteiger partial charge in [0.25, 0.3) is 0 Å². The predicted octanol–water partition coefficient (Wildman–Crippen LogP) is 0.381. The molecule has 0 spiro atoms. The monoisotopic (exact) mass is 170 g/mol.